The summed E-state index contributed by atoms with van der Waals surface area (Å²) in [5.74, 6) is 0.115. The maximum absolute atomic E-state index is 12.2. The van der Waals surface area contributed by atoms with Crippen molar-refractivity contribution in [1.29, 1.82) is 0 Å². The highest BCUT2D eigenvalue weighted by molar-refractivity contribution is 7.91. The average Bonchev–Trinajstić information content (AvgIpc) is 2.92. The van der Waals surface area contributed by atoms with Crippen molar-refractivity contribution < 1.29 is 13.2 Å². The van der Waals surface area contributed by atoms with Crippen molar-refractivity contribution in [3.63, 3.8) is 0 Å². The molecular weight excluding hydrogens is 292 g/mol. The highest BCUT2D eigenvalue weighted by Crippen LogP contribution is 2.21. The van der Waals surface area contributed by atoms with Crippen LogP contribution in [0.2, 0.25) is 0 Å². The molecule has 0 saturated carbocycles. The van der Waals surface area contributed by atoms with E-state index in [4.69, 9.17) is 0 Å². The second-order valence-corrected chi connectivity index (χ2v) is 7.30. The molecule has 0 bridgehead atoms. The fourth-order valence-electron chi connectivity index (χ4n) is 1.82. The first-order valence-electron chi connectivity index (χ1n) is 5.48. The van der Waals surface area contributed by atoms with Crippen LogP contribution in [0, 0.1) is 0 Å². The summed E-state index contributed by atoms with van der Waals surface area (Å²) in [5, 5.41) is 1.74. The van der Waals surface area contributed by atoms with Crippen LogP contribution in [0.15, 0.2) is 21.7 Å². The Balaban J connectivity index is 2.04. The van der Waals surface area contributed by atoms with E-state index in [2.05, 4.69) is 12.6 Å². The van der Waals surface area contributed by atoms with E-state index in [1.165, 1.54) is 15.6 Å². The fraction of sp³-hybridized carbons (Fsp3) is 0.500. The Kier molecular flexibility index (Phi) is 4.31. The van der Waals surface area contributed by atoms with Gasteiger partial charge in [0.25, 0.3) is 10.0 Å². The third-order valence-electron chi connectivity index (χ3n) is 2.82. The third kappa shape index (κ3) is 2.71. The Bertz CT molecular complexity index is 504. The van der Waals surface area contributed by atoms with E-state index in [0.717, 1.165) is 0 Å². The Morgan fingerprint density at radius 2 is 2.00 bits per heavy atom. The number of hydrogen-bond acceptors (Lipinski definition) is 5. The largest absolute Gasteiger partial charge is 0.339 e. The van der Waals surface area contributed by atoms with Crippen LogP contribution in [0.3, 0.4) is 0 Å². The van der Waals surface area contributed by atoms with E-state index in [-0.39, 0.29) is 11.7 Å². The highest BCUT2D eigenvalue weighted by Gasteiger charge is 2.30. The van der Waals surface area contributed by atoms with E-state index >= 15 is 0 Å². The number of nitrogens with zero attached hydrogens (tertiary/aromatic N) is 2. The molecule has 0 aliphatic carbocycles. The number of rotatable bonds is 3. The summed E-state index contributed by atoms with van der Waals surface area (Å²) >= 11 is 5.15. The van der Waals surface area contributed by atoms with E-state index in [1.807, 2.05) is 0 Å². The summed E-state index contributed by atoms with van der Waals surface area (Å²) < 4.78 is 26.2. The molecule has 1 amide bonds. The molecule has 0 unspecified atom stereocenters. The maximum Gasteiger partial charge on any atom is 0.252 e. The van der Waals surface area contributed by atoms with Gasteiger partial charge in [-0.15, -0.1) is 11.3 Å². The molecule has 0 radical (unpaired) electrons. The summed E-state index contributed by atoms with van der Waals surface area (Å²) in [5.41, 5.74) is 0. The van der Waals surface area contributed by atoms with Gasteiger partial charge in [0.1, 0.15) is 4.21 Å². The SMILES string of the molecule is O=C(CS)N1CCN(S(=O)(=O)c2cccs2)CC1. The first-order chi connectivity index (χ1) is 8.55. The van der Waals surface area contributed by atoms with Crippen LogP contribution in [-0.2, 0) is 14.8 Å². The fourth-order valence-corrected chi connectivity index (χ4v) is 4.58. The Morgan fingerprint density at radius 1 is 1.33 bits per heavy atom. The minimum absolute atomic E-state index is 0.0495. The number of carbonyl (C=O) groups is 1. The molecule has 2 heterocycles. The number of carbonyl (C=O) groups excluding carboxylic acids is 1. The molecule has 1 fully saturated rings. The second kappa shape index (κ2) is 5.60. The second-order valence-electron chi connectivity index (χ2n) is 3.88. The third-order valence-corrected chi connectivity index (χ3v) is 6.36. The van der Waals surface area contributed by atoms with Crippen LogP contribution in [0.1, 0.15) is 0 Å². The zero-order chi connectivity index (χ0) is 13.2. The molecular formula is C10H14N2O3S3. The molecule has 18 heavy (non-hydrogen) atoms. The zero-order valence-corrected chi connectivity index (χ0v) is 12.2. The first-order valence-corrected chi connectivity index (χ1v) is 8.43. The lowest BCUT2D eigenvalue weighted by molar-refractivity contribution is -0.129. The van der Waals surface area contributed by atoms with Gasteiger partial charge < -0.3 is 4.90 Å². The van der Waals surface area contributed by atoms with Gasteiger partial charge in [0.15, 0.2) is 0 Å². The lowest BCUT2D eigenvalue weighted by atomic mass is 10.3. The molecule has 1 aliphatic heterocycles. The molecule has 0 spiro atoms. The van der Waals surface area contributed by atoms with E-state index in [9.17, 15) is 13.2 Å². The van der Waals surface area contributed by atoms with Crippen LogP contribution in [0.4, 0.5) is 0 Å². The van der Waals surface area contributed by atoms with Crippen molar-refractivity contribution in [2.45, 2.75) is 4.21 Å². The molecule has 1 saturated heterocycles. The Labute approximate surface area is 116 Å². The summed E-state index contributed by atoms with van der Waals surface area (Å²) in [7, 11) is -3.38. The summed E-state index contributed by atoms with van der Waals surface area (Å²) in [6.07, 6.45) is 0. The molecule has 100 valence electrons. The summed E-state index contributed by atoms with van der Waals surface area (Å²) in [4.78, 5) is 13.1. The average molecular weight is 306 g/mol. The predicted molar refractivity (Wildman–Crippen MR) is 73.5 cm³/mol. The van der Waals surface area contributed by atoms with E-state index in [0.29, 0.717) is 30.4 Å². The maximum atomic E-state index is 12.2. The van der Waals surface area contributed by atoms with Crippen LogP contribution in [0.25, 0.3) is 0 Å². The predicted octanol–water partition coefficient (Wildman–Crippen LogP) is 0.511. The van der Waals surface area contributed by atoms with Crippen LogP contribution < -0.4 is 0 Å². The molecule has 1 aliphatic rings. The molecule has 0 aromatic carbocycles. The highest BCUT2D eigenvalue weighted by atomic mass is 32.2. The summed E-state index contributed by atoms with van der Waals surface area (Å²) in [6.45, 7) is 1.56. The van der Waals surface area contributed by atoms with Crippen molar-refractivity contribution in [2.75, 3.05) is 31.9 Å². The smallest absolute Gasteiger partial charge is 0.252 e. The lowest BCUT2D eigenvalue weighted by Gasteiger charge is -2.33. The molecule has 1 aromatic heterocycles. The molecule has 0 N–H and O–H groups in total. The van der Waals surface area contributed by atoms with Gasteiger partial charge in [-0.1, -0.05) is 6.07 Å². The number of amides is 1. The van der Waals surface area contributed by atoms with Gasteiger partial charge in [-0.25, -0.2) is 8.42 Å². The van der Waals surface area contributed by atoms with Gasteiger partial charge in [0, 0.05) is 26.2 Å². The van der Waals surface area contributed by atoms with Gasteiger partial charge in [-0.05, 0) is 11.4 Å². The number of thiophene rings is 1. The number of sulfonamides is 1. The zero-order valence-electron chi connectivity index (χ0n) is 9.65. The van der Waals surface area contributed by atoms with E-state index in [1.54, 1.807) is 22.4 Å². The van der Waals surface area contributed by atoms with Crippen LogP contribution in [-0.4, -0.2) is 55.5 Å². The van der Waals surface area contributed by atoms with Crippen molar-refractivity contribution >= 4 is 39.9 Å². The number of piperazine rings is 1. The Hall–Kier alpha value is -0.570. The van der Waals surface area contributed by atoms with Crippen molar-refractivity contribution in [1.82, 2.24) is 9.21 Å². The van der Waals surface area contributed by atoms with Crippen LogP contribution in [0.5, 0.6) is 0 Å². The standard InChI is InChI=1S/C10H14N2O3S3/c13-9(8-16)11-3-5-12(6-4-11)18(14,15)10-2-1-7-17-10/h1-2,7,16H,3-6,8H2. The van der Waals surface area contributed by atoms with Crippen molar-refractivity contribution in [2.24, 2.45) is 0 Å². The molecule has 2 rings (SSSR count). The van der Waals surface area contributed by atoms with Crippen molar-refractivity contribution in [3.05, 3.63) is 17.5 Å². The van der Waals surface area contributed by atoms with E-state index < -0.39 is 10.0 Å². The molecule has 0 atom stereocenters. The van der Waals surface area contributed by atoms with Crippen molar-refractivity contribution in [3.8, 4) is 0 Å². The molecule has 5 nitrogen and oxygen atoms in total. The minimum atomic E-state index is -3.38. The first kappa shape index (κ1) is 13.9. The van der Waals surface area contributed by atoms with Crippen LogP contribution >= 0.6 is 24.0 Å². The van der Waals surface area contributed by atoms with Gasteiger partial charge in [0.2, 0.25) is 5.91 Å². The number of thiol groups is 1. The quantitative estimate of drug-likeness (QED) is 0.828. The normalized spacial score (nSPS) is 17.9. The Morgan fingerprint density at radius 3 is 2.50 bits per heavy atom. The van der Waals surface area contributed by atoms with Gasteiger partial charge >= 0.3 is 0 Å². The summed E-state index contributed by atoms with van der Waals surface area (Å²) in [6, 6.07) is 3.32. The topological polar surface area (TPSA) is 57.7 Å². The number of hydrogen-bond donors (Lipinski definition) is 1. The van der Waals surface area contributed by atoms with Gasteiger partial charge in [0.05, 0.1) is 5.75 Å². The molecule has 8 heteroatoms. The monoisotopic (exact) mass is 306 g/mol. The minimum Gasteiger partial charge on any atom is -0.339 e. The van der Waals surface area contributed by atoms with Gasteiger partial charge in [-0.3, -0.25) is 4.79 Å². The van der Waals surface area contributed by atoms with Gasteiger partial charge in [-0.2, -0.15) is 16.9 Å². The molecule has 1 aromatic rings. The lowest BCUT2D eigenvalue weighted by Crippen LogP contribution is -2.50.